The van der Waals surface area contributed by atoms with Crippen LogP contribution >= 0.6 is 0 Å². The standard InChI is InChI=1S/C27H20F6/c1-2-3-4-16-5-11-22-19(13-16)10-12-21(26(22)30)18-8-6-17(7-9-18)20-14-23(28)25(24(29)15-20)27(31,32)33/h5-15H,2-4H2,1H3. The minimum atomic E-state index is -5.12. The van der Waals surface area contributed by atoms with E-state index >= 15 is 4.39 Å². The Labute approximate surface area is 187 Å². The molecule has 0 atom stereocenters. The lowest BCUT2D eigenvalue weighted by molar-refractivity contribution is -0.142. The second kappa shape index (κ2) is 8.93. The predicted molar refractivity (Wildman–Crippen MR) is 118 cm³/mol. The van der Waals surface area contributed by atoms with Crippen LogP contribution in [0.15, 0.2) is 66.7 Å². The number of unbranched alkanes of at least 4 members (excludes halogenated alkanes) is 1. The Bertz CT molecular complexity index is 1280. The van der Waals surface area contributed by atoms with Crippen LogP contribution in [0.5, 0.6) is 0 Å². The Balaban J connectivity index is 1.66. The molecule has 0 spiro atoms. The zero-order chi connectivity index (χ0) is 23.8. The van der Waals surface area contributed by atoms with E-state index in [9.17, 15) is 22.0 Å². The predicted octanol–water partition coefficient (Wildman–Crippen LogP) is 8.95. The number of halogens is 6. The van der Waals surface area contributed by atoms with Crippen molar-refractivity contribution in [1.82, 2.24) is 0 Å². The lowest BCUT2D eigenvalue weighted by Crippen LogP contribution is -2.11. The van der Waals surface area contributed by atoms with Crippen molar-refractivity contribution < 1.29 is 26.3 Å². The fourth-order valence-electron chi connectivity index (χ4n) is 3.95. The maximum absolute atomic E-state index is 15.2. The minimum Gasteiger partial charge on any atom is -0.206 e. The highest BCUT2D eigenvalue weighted by molar-refractivity contribution is 5.89. The molecule has 0 saturated carbocycles. The van der Waals surface area contributed by atoms with E-state index in [1.54, 1.807) is 24.3 Å². The molecule has 0 N–H and O–H groups in total. The van der Waals surface area contributed by atoms with Gasteiger partial charge in [0, 0.05) is 10.9 Å². The fourth-order valence-corrected chi connectivity index (χ4v) is 3.95. The van der Waals surface area contributed by atoms with Crippen LogP contribution in [0.2, 0.25) is 0 Å². The highest BCUT2D eigenvalue weighted by atomic mass is 19.4. The first-order valence-electron chi connectivity index (χ1n) is 10.6. The van der Waals surface area contributed by atoms with E-state index in [0.29, 0.717) is 34.2 Å². The molecule has 33 heavy (non-hydrogen) atoms. The van der Waals surface area contributed by atoms with Gasteiger partial charge in [-0.25, -0.2) is 13.2 Å². The molecule has 4 rings (SSSR count). The first-order chi connectivity index (χ1) is 15.7. The monoisotopic (exact) mass is 458 g/mol. The SMILES string of the molecule is CCCCc1ccc2c(F)c(-c3ccc(-c4cc(F)c(C(F)(F)F)c(F)c4)cc3)ccc2c1. The Morgan fingerprint density at radius 1 is 0.697 bits per heavy atom. The molecule has 6 heteroatoms. The zero-order valence-electron chi connectivity index (χ0n) is 17.7. The van der Waals surface area contributed by atoms with Crippen LogP contribution in [0, 0.1) is 17.5 Å². The molecule has 0 amide bonds. The molecule has 0 aliphatic carbocycles. The van der Waals surface area contributed by atoms with Crippen LogP contribution in [-0.2, 0) is 12.6 Å². The van der Waals surface area contributed by atoms with E-state index in [4.69, 9.17) is 0 Å². The van der Waals surface area contributed by atoms with Crippen molar-refractivity contribution in [3.05, 3.63) is 95.3 Å². The van der Waals surface area contributed by atoms with Gasteiger partial charge in [-0.1, -0.05) is 67.9 Å². The van der Waals surface area contributed by atoms with Crippen molar-refractivity contribution >= 4 is 10.8 Å². The first-order valence-corrected chi connectivity index (χ1v) is 10.6. The van der Waals surface area contributed by atoms with Crippen molar-refractivity contribution in [3.8, 4) is 22.3 Å². The van der Waals surface area contributed by atoms with E-state index < -0.39 is 23.4 Å². The van der Waals surface area contributed by atoms with E-state index in [0.717, 1.165) is 30.2 Å². The fraction of sp³-hybridized carbons (Fsp3) is 0.185. The van der Waals surface area contributed by atoms with Gasteiger partial charge in [-0.05, 0) is 52.6 Å². The zero-order valence-corrected chi connectivity index (χ0v) is 17.7. The number of fused-ring (bicyclic) bond motifs is 1. The third-order valence-corrected chi connectivity index (χ3v) is 5.69. The van der Waals surface area contributed by atoms with Gasteiger partial charge in [0.25, 0.3) is 0 Å². The molecule has 0 unspecified atom stereocenters. The van der Waals surface area contributed by atoms with Crippen LogP contribution in [0.25, 0.3) is 33.0 Å². The third-order valence-electron chi connectivity index (χ3n) is 5.69. The largest absolute Gasteiger partial charge is 0.422 e. The normalized spacial score (nSPS) is 11.8. The molecule has 0 fully saturated rings. The van der Waals surface area contributed by atoms with Gasteiger partial charge in [0.15, 0.2) is 0 Å². The van der Waals surface area contributed by atoms with Gasteiger partial charge in [0.1, 0.15) is 23.0 Å². The Morgan fingerprint density at radius 2 is 1.33 bits per heavy atom. The summed E-state index contributed by atoms with van der Waals surface area (Å²) in [5, 5.41) is 1.29. The molecule has 0 aliphatic rings. The topological polar surface area (TPSA) is 0 Å². The second-order valence-corrected chi connectivity index (χ2v) is 7.98. The summed E-state index contributed by atoms with van der Waals surface area (Å²) in [6.45, 7) is 2.11. The summed E-state index contributed by atoms with van der Waals surface area (Å²) in [6, 6.07) is 16.6. The van der Waals surface area contributed by atoms with Crippen LogP contribution in [0.4, 0.5) is 26.3 Å². The molecule has 170 valence electrons. The number of benzene rings is 4. The quantitative estimate of drug-likeness (QED) is 0.262. The smallest absolute Gasteiger partial charge is 0.206 e. The van der Waals surface area contributed by atoms with E-state index in [-0.39, 0.29) is 11.4 Å². The average Bonchev–Trinajstić information content (AvgIpc) is 2.76. The molecule has 0 aliphatic heterocycles. The number of aryl methyl sites for hydroxylation is 1. The maximum Gasteiger partial charge on any atom is 0.422 e. The molecule has 0 saturated heterocycles. The van der Waals surface area contributed by atoms with Gasteiger partial charge in [-0.15, -0.1) is 0 Å². The van der Waals surface area contributed by atoms with Gasteiger partial charge < -0.3 is 0 Å². The molecule has 0 nitrogen and oxygen atoms in total. The molecule has 4 aromatic carbocycles. The summed E-state index contributed by atoms with van der Waals surface area (Å²) in [6.07, 6.45) is -2.05. The van der Waals surface area contributed by atoms with E-state index in [2.05, 4.69) is 6.92 Å². The Kier molecular flexibility index (Phi) is 6.19. The minimum absolute atomic E-state index is 0.0388. The lowest BCUT2D eigenvalue weighted by Gasteiger charge is -2.12. The Hall–Kier alpha value is -3.28. The van der Waals surface area contributed by atoms with E-state index in [1.165, 1.54) is 12.1 Å². The van der Waals surface area contributed by atoms with Crippen LogP contribution in [0.1, 0.15) is 30.9 Å². The summed E-state index contributed by atoms with van der Waals surface area (Å²) in [4.78, 5) is 0. The van der Waals surface area contributed by atoms with Crippen molar-refractivity contribution in [2.45, 2.75) is 32.4 Å². The highest BCUT2D eigenvalue weighted by Gasteiger charge is 2.37. The van der Waals surface area contributed by atoms with Gasteiger partial charge in [0.05, 0.1) is 0 Å². The van der Waals surface area contributed by atoms with Crippen LogP contribution < -0.4 is 0 Å². The molecular weight excluding hydrogens is 438 g/mol. The summed E-state index contributed by atoms with van der Waals surface area (Å²) >= 11 is 0. The van der Waals surface area contributed by atoms with Crippen molar-refractivity contribution in [2.75, 3.05) is 0 Å². The summed E-state index contributed by atoms with van der Waals surface area (Å²) in [7, 11) is 0. The number of hydrogen-bond acceptors (Lipinski definition) is 0. The highest BCUT2D eigenvalue weighted by Crippen LogP contribution is 2.36. The molecule has 0 heterocycles. The first kappa shape index (κ1) is 22.9. The van der Waals surface area contributed by atoms with Crippen molar-refractivity contribution in [3.63, 3.8) is 0 Å². The average molecular weight is 458 g/mol. The molecule has 0 bridgehead atoms. The van der Waals surface area contributed by atoms with Gasteiger partial charge >= 0.3 is 6.18 Å². The maximum atomic E-state index is 15.2. The third kappa shape index (κ3) is 4.61. The van der Waals surface area contributed by atoms with Crippen molar-refractivity contribution in [2.24, 2.45) is 0 Å². The lowest BCUT2D eigenvalue weighted by atomic mass is 9.96. The summed E-state index contributed by atoms with van der Waals surface area (Å²) < 4.78 is 81.5. The summed E-state index contributed by atoms with van der Waals surface area (Å²) in [5.74, 6) is -3.74. The molecular formula is C27H20F6. The number of alkyl halides is 3. The molecule has 0 aromatic heterocycles. The second-order valence-electron chi connectivity index (χ2n) is 7.98. The molecule has 4 aromatic rings. The van der Waals surface area contributed by atoms with E-state index in [1.807, 2.05) is 18.2 Å². The number of hydrogen-bond donors (Lipinski definition) is 0. The van der Waals surface area contributed by atoms with Crippen molar-refractivity contribution in [1.29, 1.82) is 0 Å². The van der Waals surface area contributed by atoms with Gasteiger partial charge in [-0.3, -0.25) is 0 Å². The Morgan fingerprint density at radius 3 is 1.94 bits per heavy atom. The van der Waals surface area contributed by atoms with Crippen LogP contribution in [0.3, 0.4) is 0 Å². The van der Waals surface area contributed by atoms with Crippen LogP contribution in [-0.4, -0.2) is 0 Å². The van der Waals surface area contributed by atoms with Gasteiger partial charge in [0.2, 0.25) is 0 Å². The number of rotatable bonds is 5. The summed E-state index contributed by atoms with van der Waals surface area (Å²) in [5.41, 5.74) is 0.409. The van der Waals surface area contributed by atoms with Gasteiger partial charge in [-0.2, -0.15) is 13.2 Å². The molecule has 0 radical (unpaired) electrons.